The lowest BCUT2D eigenvalue weighted by Gasteiger charge is -2.30. The number of amides is 1. The highest BCUT2D eigenvalue weighted by Crippen LogP contribution is 2.33. The number of hydrogen-bond acceptors (Lipinski definition) is 2. The summed E-state index contributed by atoms with van der Waals surface area (Å²) in [6.07, 6.45) is 2.79. The molecule has 1 unspecified atom stereocenters. The Kier molecular flexibility index (Phi) is 2.63. The number of aliphatic hydroxyl groups excluding tert-OH is 1. The summed E-state index contributed by atoms with van der Waals surface area (Å²) in [6, 6.07) is 7.77. The van der Waals surface area contributed by atoms with Crippen molar-refractivity contribution in [2.24, 2.45) is 5.92 Å². The summed E-state index contributed by atoms with van der Waals surface area (Å²) in [4.78, 5) is 14.0. The topological polar surface area (TPSA) is 40.5 Å². The zero-order chi connectivity index (χ0) is 11.8. The molecular weight excluding hydrogens is 214 g/mol. The van der Waals surface area contributed by atoms with Crippen molar-refractivity contribution in [2.45, 2.75) is 25.4 Å². The van der Waals surface area contributed by atoms with Crippen molar-refractivity contribution in [3.05, 3.63) is 35.4 Å². The van der Waals surface area contributed by atoms with Crippen LogP contribution < -0.4 is 0 Å². The van der Waals surface area contributed by atoms with E-state index in [1.54, 1.807) is 4.90 Å². The van der Waals surface area contributed by atoms with Crippen LogP contribution in [0.4, 0.5) is 0 Å². The first-order valence-electron chi connectivity index (χ1n) is 6.31. The lowest BCUT2D eigenvalue weighted by molar-refractivity contribution is 0.0566. The van der Waals surface area contributed by atoms with Crippen LogP contribution in [0.3, 0.4) is 0 Å². The summed E-state index contributed by atoms with van der Waals surface area (Å²) in [5.74, 6) is 0.506. The van der Waals surface area contributed by atoms with Gasteiger partial charge in [0.15, 0.2) is 0 Å². The van der Waals surface area contributed by atoms with E-state index in [1.807, 2.05) is 24.3 Å². The first kappa shape index (κ1) is 10.8. The summed E-state index contributed by atoms with van der Waals surface area (Å²) >= 11 is 0. The van der Waals surface area contributed by atoms with Crippen LogP contribution in [-0.2, 0) is 6.42 Å². The van der Waals surface area contributed by atoms with Crippen molar-refractivity contribution < 1.29 is 9.90 Å². The third-order valence-corrected chi connectivity index (χ3v) is 3.76. The van der Waals surface area contributed by atoms with E-state index in [9.17, 15) is 9.90 Å². The Bertz CT molecular complexity index is 440. The SMILES string of the molecule is O=C1c2ccccc2CCN1CC(O)C1CC1. The highest BCUT2D eigenvalue weighted by atomic mass is 16.3. The molecule has 1 saturated carbocycles. The van der Waals surface area contributed by atoms with E-state index in [0.29, 0.717) is 12.5 Å². The molecule has 1 aromatic carbocycles. The molecule has 3 nitrogen and oxygen atoms in total. The average Bonchev–Trinajstić information content (AvgIpc) is 3.17. The number of β-amino-alcohol motifs (C(OH)–C–C–N with tert-alkyl or cyclic N) is 1. The van der Waals surface area contributed by atoms with E-state index in [4.69, 9.17) is 0 Å². The lowest BCUT2D eigenvalue weighted by atomic mass is 9.98. The van der Waals surface area contributed by atoms with Gasteiger partial charge in [0.05, 0.1) is 6.10 Å². The van der Waals surface area contributed by atoms with Gasteiger partial charge in [0.25, 0.3) is 5.91 Å². The van der Waals surface area contributed by atoms with Gasteiger partial charge in [0.1, 0.15) is 0 Å². The molecule has 0 saturated heterocycles. The molecular formula is C14H17NO2. The molecule has 0 bridgehead atoms. The molecule has 3 heteroatoms. The summed E-state index contributed by atoms with van der Waals surface area (Å²) in [5, 5.41) is 9.91. The van der Waals surface area contributed by atoms with E-state index >= 15 is 0 Å². The maximum Gasteiger partial charge on any atom is 0.254 e. The van der Waals surface area contributed by atoms with Gasteiger partial charge in [0.2, 0.25) is 0 Å². The zero-order valence-electron chi connectivity index (χ0n) is 9.80. The molecule has 1 atom stereocenters. The van der Waals surface area contributed by atoms with Crippen molar-refractivity contribution in [3.63, 3.8) is 0 Å². The molecule has 90 valence electrons. The van der Waals surface area contributed by atoms with Crippen LogP contribution in [0.25, 0.3) is 0 Å². The number of carbonyl (C=O) groups is 1. The van der Waals surface area contributed by atoms with Crippen molar-refractivity contribution in [1.29, 1.82) is 0 Å². The predicted octanol–water partition coefficient (Wildman–Crippen LogP) is 1.46. The Hall–Kier alpha value is -1.35. The molecule has 1 fully saturated rings. The highest BCUT2D eigenvalue weighted by Gasteiger charge is 2.33. The fourth-order valence-electron chi connectivity index (χ4n) is 2.50. The van der Waals surface area contributed by atoms with Gasteiger partial charge in [-0.05, 0) is 36.8 Å². The van der Waals surface area contributed by atoms with E-state index < -0.39 is 0 Å². The minimum absolute atomic E-state index is 0.0755. The molecule has 1 aliphatic carbocycles. The Morgan fingerprint density at radius 3 is 2.88 bits per heavy atom. The van der Waals surface area contributed by atoms with Crippen molar-refractivity contribution in [1.82, 2.24) is 4.90 Å². The van der Waals surface area contributed by atoms with Gasteiger partial charge in [-0.25, -0.2) is 0 Å². The maximum absolute atomic E-state index is 12.2. The van der Waals surface area contributed by atoms with E-state index in [0.717, 1.165) is 36.9 Å². The number of fused-ring (bicyclic) bond motifs is 1. The molecule has 3 rings (SSSR count). The van der Waals surface area contributed by atoms with E-state index in [1.165, 1.54) is 0 Å². The van der Waals surface area contributed by atoms with Crippen LogP contribution in [0.1, 0.15) is 28.8 Å². The normalized spacial score (nSPS) is 21.2. The van der Waals surface area contributed by atoms with Gasteiger partial charge in [-0.2, -0.15) is 0 Å². The minimum Gasteiger partial charge on any atom is -0.391 e. The van der Waals surface area contributed by atoms with E-state index in [2.05, 4.69) is 0 Å². The zero-order valence-corrected chi connectivity index (χ0v) is 9.80. The van der Waals surface area contributed by atoms with Crippen LogP contribution in [0, 0.1) is 5.92 Å². The first-order valence-corrected chi connectivity index (χ1v) is 6.31. The van der Waals surface area contributed by atoms with Crippen molar-refractivity contribution in [3.8, 4) is 0 Å². The number of carbonyl (C=O) groups excluding carboxylic acids is 1. The maximum atomic E-state index is 12.2. The van der Waals surface area contributed by atoms with Gasteiger partial charge < -0.3 is 10.0 Å². The number of aliphatic hydroxyl groups is 1. The standard InChI is InChI=1S/C14H17NO2/c16-13(11-5-6-11)9-15-8-7-10-3-1-2-4-12(10)14(15)17/h1-4,11,13,16H,5-9H2. The van der Waals surface area contributed by atoms with Crippen LogP contribution in [-0.4, -0.2) is 35.1 Å². The van der Waals surface area contributed by atoms with Crippen LogP contribution in [0.5, 0.6) is 0 Å². The largest absolute Gasteiger partial charge is 0.391 e. The number of rotatable bonds is 3. The minimum atomic E-state index is -0.329. The number of benzene rings is 1. The molecule has 1 N–H and O–H groups in total. The summed E-state index contributed by atoms with van der Waals surface area (Å²) in [5.41, 5.74) is 1.94. The van der Waals surface area contributed by atoms with Crippen molar-refractivity contribution >= 4 is 5.91 Å². The second-order valence-corrected chi connectivity index (χ2v) is 5.06. The second kappa shape index (κ2) is 4.15. The molecule has 17 heavy (non-hydrogen) atoms. The predicted molar refractivity (Wildman–Crippen MR) is 64.8 cm³/mol. The van der Waals surface area contributed by atoms with E-state index in [-0.39, 0.29) is 12.0 Å². The van der Waals surface area contributed by atoms with Crippen LogP contribution in [0.15, 0.2) is 24.3 Å². The van der Waals surface area contributed by atoms with Gasteiger partial charge in [-0.1, -0.05) is 18.2 Å². The fraction of sp³-hybridized carbons (Fsp3) is 0.500. The third-order valence-electron chi connectivity index (χ3n) is 3.76. The Balaban J connectivity index is 1.74. The molecule has 1 amide bonds. The monoisotopic (exact) mass is 231 g/mol. The summed E-state index contributed by atoms with van der Waals surface area (Å²) < 4.78 is 0. The van der Waals surface area contributed by atoms with Gasteiger partial charge >= 0.3 is 0 Å². The Morgan fingerprint density at radius 2 is 2.12 bits per heavy atom. The fourth-order valence-corrected chi connectivity index (χ4v) is 2.50. The Labute approximate surface area is 101 Å². The van der Waals surface area contributed by atoms with Gasteiger partial charge in [-0.3, -0.25) is 4.79 Å². The average molecular weight is 231 g/mol. The highest BCUT2D eigenvalue weighted by molar-refractivity contribution is 5.96. The lowest BCUT2D eigenvalue weighted by Crippen LogP contribution is -2.42. The smallest absolute Gasteiger partial charge is 0.254 e. The molecule has 0 spiro atoms. The number of nitrogens with zero attached hydrogens (tertiary/aromatic N) is 1. The van der Waals surface area contributed by atoms with Crippen LogP contribution in [0.2, 0.25) is 0 Å². The first-order chi connectivity index (χ1) is 8.25. The molecule has 1 heterocycles. The molecule has 0 radical (unpaired) electrons. The summed E-state index contributed by atoms with van der Waals surface area (Å²) in [7, 11) is 0. The van der Waals surface area contributed by atoms with Gasteiger partial charge in [-0.15, -0.1) is 0 Å². The Morgan fingerprint density at radius 1 is 1.35 bits per heavy atom. The molecule has 1 aliphatic heterocycles. The summed E-state index contributed by atoms with van der Waals surface area (Å²) in [6.45, 7) is 1.23. The molecule has 0 aromatic heterocycles. The van der Waals surface area contributed by atoms with Crippen LogP contribution >= 0.6 is 0 Å². The number of hydrogen-bond donors (Lipinski definition) is 1. The quantitative estimate of drug-likeness (QED) is 0.855. The molecule has 2 aliphatic rings. The second-order valence-electron chi connectivity index (χ2n) is 5.06. The molecule has 1 aromatic rings. The third kappa shape index (κ3) is 2.07. The van der Waals surface area contributed by atoms with Crippen molar-refractivity contribution in [2.75, 3.05) is 13.1 Å². The van der Waals surface area contributed by atoms with Gasteiger partial charge in [0, 0.05) is 18.7 Å².